The number of hydrogen-bond donors (Lipinski definition) is 1. The molecule has 1 N–H and O–H groups in total. The fraction of sp³-hybridized carbons (Fsp3) is 0.156. The smallest absolute Gasteiger partial charge is 0.243 e. The molecule has 1 saturated heterocycles. The quantitative estimate of drug-likeness (QED) is 0.213. The monoisotopic (exact) mass is 585 g/mol. The van der Waals surface area contributed by atoms with E-state index in [0.29, 0.717) is 49.5 Å². The van der Waals surface area contributed by atoms with Crippen molar-refractivity contribution in [1.29, 1.82) is 0 Å². The van der Waals surface area contributed by atoms with E-state index in [1.54, 1.807) is 18.3 Å². The predicted molar refractivity (Wildman–Crippen MR) is 162 cm³/mol. The third-order valence-electron chi connectivity index (χ3n) is 6.99. The summed E-state index contributed by atoms with van der Waals surface area (Å²) >= 11 is 6.54. The highest BCUT2D eigenvalue weighted by atomic mass is 35.5. The predicted octanol–water partition coefficient (Wildman–Crippen LogP) is 6.90. The zero-order chi connectivity index (χ0) is 28.2. The van der Waals surface area contributed by atoms with Gasteiger partial charge in [-0.3, -0.25) is 0 Å². The molecule has 0 amide bonds. The number of benzene rings is 4. The zero-order valence-electron chi connectivity index (χ0n) is 22.2. The molecule has 1 aromatic heterocycles. The Labute approximate surface area is 244 Å². The van der Waals surface area contributed by atoms with Crippen LogP contribution in [0.25, 0.3) is 21.9 Å². The van der Waals surface area contributed by atoms with Crippen LogP contribution in [0.5, 0.6) is 5.75 Å². The van der Waals surface area contributed by atoms with Gasteiger partial charge in [-0.2, -0.15) is 4.31 Å². The number of halogens is 1. The lowest BCUT2D eigenvalue weighted by Crippen LogP contribution is -2.40. The molecule has 1 aliphatic heterocycles. The maximum Gasteiger partial charge on any atom is 0.243 e. The summed E-state index contributed by atoms with van der Waals surface area (Å²) in [6.07, 6.45) is 1.76. The molecule has 0 spiro atoms. The molecule has 1 aliphatic rings. The van der Waals surface area contributed by atoms with Crippen molar-refractivity contribution in [3.63, 3.8) is 0 Å². The van der Waals surface area contributed by atoms with Crippen LogP contribution in [-0.4, -0.2) is 44.0 Å². The van der Waals surface area contributed by atoms with E-state index in [4.69, 9.17) is 21.1 Å². The van der Waals surface area contributed by atoms with Crippen molar-refractivity contribution >= 4 is 43.9 Å². The fourth-order valence-electron chi connectivity index (χ4n) is 4.77. The van der Waals surface area contributed by atoms with Gasteiger partial charge in [0.25, 0.3) is 0 Å². The van der Waals surface area contributed by atoms with E-state index in [2.05, 4.69) is 16.4 Å². The van der Waals surface area contributed by atoms with Crippen LogP contribution in [0, 0.1) is 0 Å². The summed E-state index contributed by atoms with van der Waals surface area (Å²) in [5, 5.41) is 5.83. The molecule has 0 bridgehead atoms. The molecule has 208 valence electrons. The van der Waals surface area contributed by atoms with E-state index in [9.17, 15) is 8.42 Å². The second-order valence-corrected chi connectivity index (χ2v) is 12.0. The molecule has 0 unspecified atom stereocenters. The topological polar surface area (TPSA) is 80.8 Å². The second kappa shape index (κ2) is 11.9. The first-order valence-electron chi connectivity index (χ1n) is 13.3. The van der Waals surface area contributed by atoms with Gasteiger partial charge in [-0.1, -0.05) is 66.2 Å². The number of pyridine rings is 1. The SMILES string of the molecule is O=S(=O)(c1ccc(-c2ccc3ccnc(Nc4ccc(OCc5ccccc5)c(Cl)c4)c3c2)cc1)N1CCOCC1. The van der Waals surface area contributed by atoms with E-state index in [0.717, 1.165) is 33.2 Å². The minimum absolute atomic E-state index is 0.279. The Kier molecular flexibility index (Phi) is 7.89. The maximum atomic E-state index is 13.0. The normalized spacial score (nSPS) is 14.2. The Balaban J connectivity index is 1.22. The van der Waals surface area contributed by atoms with E-state index >= 15 is 0 Å². The number of rotatable bonds is 8. The minimum atomic E-state index is -3.55. The van der Waals surface area contributed by atoms with Crippen LogP contribution in [0.1, 0.15) is 5.56 Å². The summed E-state index contributed by atoms with van der Waals surface area (Å²) in [5.41, 5.74) is 3.71. The Morgan fingerprint density at radius 2 is 1.63 bits per heavy atom. The van der Waals surface area contributed by atoms with Crippen LogP contribution >= 0.6 is 11.6 Å². The van der Waals surface area contributed by atoms with Crippen molar-refractivity contribution in [3.8, 4) is 16.9 Å². The van der Waals surface area contributed by atoms with Crippen LogP contribution < -0.4 is 10.1 Å². The van der Waals surface area contributed by atoms with Gasteiger partial charge < -0.3 is 14.8 Å². The molecule has 0 aliphatic carbocycles. The lowest BCUT2D eigenvalue weighted by molar-refractivity contribution is 0.0730. The largest absolute Gasteiger partial charge is 0.487 e. The number of sulfonamides is 1. The first kappa shape index (κ1) is 27.2. The van der Waals surface area contributed by atoms with Gasteiger partial charge >= 0.3 is 0 Å². The molecule has 0 atom stereocenters. The van der Waals surface area contributed by atoms with Crippen LogP contribution in [0.4, 0.5) is 11.5 Å². The maximum absolute atomic E-state index is 13.0. The molecule has 2 heterocycles. The van der Waals surface area contributed by atoms with Gasteiger partial charge in [-0.25, -0.2) is 13.4 Å². The number of ether oxygens (including phenoxy) is 2. The van der Waals surface area contributed by atoms with Gasteiger partial charge in [0, 0.05) is 30.4 Å². The molecule has 0 radical (unpaired) electrons. The third kappa shape index (κ3) is 6.06. The van der Waals surface area contributed by atoms with Crippen molar-refractivity contribution in [3.05, 3.63) is 114 Å². The molecular formula is C32H28ClN3O4S. The molecule has 7 nitrogen and oxygen atoms in total. The number of nitrogens with one attached hydrogen (secondary N) is 1. The van der Waals surface area contributed by atoms with Gasteiger partial charge in [0.05, 0.1) is 23.1 Å². The summed E-state index contributed by atoms with van der Waals surface area (Å²) in [4.78, 5) is 4.86. The number of aromatic nitrogens is 1. The van der Waals surface area contributed by atoms with Crippen molar-refractivity contribution < 1.29 is 17.9 Å². The zero-order valence-corrected chi connectivity index (χ0v) is 23.7. The highest BCUT2D eigenvalue weighted by Crippen LogP contribution is 2.33. The molecule has 1 fully saturated rings. The molecule has 0 saturated carbocycles. The molecular weight excluding hydrogens is 558 g/mol. The van der Waals surface area contributed by atoms with Gasteiger partial charge in [0.15, 0.2) is 0 Å². The molecule has 5 aromatic rings. The van der Waals surface area contributed by atoms with Crippen molar-refractivity contribution in [2.24, 2.45) is 0 Å². The van der Waals surface area contributed by atoms with Gasteiger partial charge in [-0.05, 0) is 64.5 Å². The van der Waals surface area contributed by atoms with Crippen LogP contribution in [0.3, 0.4) is 0 Å². The number of anilines is 2. The average molecular weight is 586 g/mol. The Morgan fingerprint density at radius 3 is 2.39 bits per heavy atom. The van der Waals surface area contributed by atoms with Crippen LogP contribution in [-0.2, 0) is 21.4 Å². The van der Waals surface area contributed by atoms with E-state index < -0.39 is 10.0 Å². The van der Waals surface area contributed by atoms with Gasteiger partial charge in [-0.15, -0.1) is 0 Å². The van der Waals surface area contributed by atoms with Gasteiger partial charge in [0.2, 0.25) is 10.0 Å². The van der Waals surface area contributed by atoms with E-state index in [1.165, 1.54) is 4.31 Å². The van der Waals surface area contributed by atoms with Gasteiger partial charge in [0.1, 0.15) is 18.2 Å². The summed E-state index contributed by atoms with van der Waals surface area (Å²) < 4.78 is 38.7. The second-order valence-electron chi connectivity index (χ2n) is 9.68. The highest BCUT2D eigenvalue weighted by Gasteiger charge is 2.26. The molecule has 6 rings (SSSR count). The number of nitrogens with zero attached hydrogens (tertiary/aromatic N) is 2. The summed E-state index contributed by atoms with van der Waals surface area (Å²) in [6.45, 7) is 1.99. The standard InChI is InChI=1S/C32H28ClN3O4S/c33-30-21-27(10-13-31(30)40-22-23-4-2-1-3-5-23)35-32-29-20-26(7-6-25(29)14-15-34-32)24-8-11-28(12-9-24)41(37,38)36-16-18-39-19-17-36/h1-15,20-21H,16-19,22H2,(H,34,35). The number of morpholine rings is 1. The van der Waals surface area contributed by atoms with Crippen molar-refractivity contribution in [2.75, 3.05) is 31.6 Å². The first-order chi connectivity index (χ1) is 20.0. The Morgan fingerprint density at radius 1 is 0.878 bits per heavy atom. The highest BCUT2D eigenvalue weighted by molar-refractivity contribution is 7.89. The van der Waals surface area contributed by atoms with Crippen LogP contribution in [0.15, 0.2) is 108 Å². The third-order valence-corrected chi connectivity index (χ3v) is 9.20. The number of hydrogen-bond acceptors (Lipinski definition) is 6. The lowest BCUT2D eigenvalue weighted by Gasteiger charge is -2.26. The first-order valence-corrected chi connectivity index (χ1v) is 15.1. The van der Waals surface area contributed by atoms with Crippen LogP contribution in [0.2, 0.25) is 5.02 Å². The fourth-order valence-corrected chi connectivity index (χ4v) is 6.41. The number of fused-ring (bicyclic) bond motifs is 1. The molecule has 9 heteroatoms. The summed E-state index contributed by atoms with van der Waals surface area (Å²) in [6, 6.07) is 30.6. The molecule has 4 aromatic carbocycles. The average Bonchev–Trinajstić information content (AvgIpc) is 3.02. The molecule has 41 heavy (non-hydrogen) atoms. The Hall–Kier alpha value is -3.95. The van der Waals surface area contributed by atoms with Crippen molar-refractivity contribution in [1.82, 2.24) is 9.29 Å². The lowest BCUT2D eigenvalue weighted by atomic mass is 10.0. The van der Waals surface area contributed by atoms with E-state index in [-0.39, 0.29) is 4.90 Å². The summed E-state index contributed by atoms with van der Waals surface area (Å²) in [5.74, 6) is 1.29. The summed E-state index contributed by atoms with van der Waals surface area (Å²) in [7, 11) is -3.55. The van der Waals surface area contributed by atoms with Crippen molar-refractivity contribution in [2.45, 2.75) is 11.5 Å². The Bertz CT molecular complexity index is 1780. The van der Waals surface area contributed by atoms with E-state index in [1.807, 2.05) is 78.9 Å². The minimum Gasteiger partial charge on any atom is -0.487 e.